The summed E-state index contributed by atoms with van der Waals surface area (Å²) in [5, 5.41) is 21.3. The van der Waals surface area contributed by atoms with Crippen LogP contribution in [-0.2, 0) is 25.7 Å². The molecule has 3 amide bonds. The van der Waals surface area contributed by atoms with Crippen LogP contribution in [0.25, 0.3) is 11.1 Å². The van der Waals surface area contributed by atoms with Gasteiger partial charge < -0.3 is 31.1 Å². The zero-order valence-corrected chi connectivity index (χ0v) is 28.1. The highest BCUT2D eigenvalue weighted by atomic mass is 16.5. The highest BCUT2D eigenvalue weighted by Crippen LogP contribution is 2.24. The van der Waals surface area contributed by atoms with Gasteiger partial charge in [-0.1, -0.05) is 91.0 Å². The van der Waals surface area contributed by atoms with Gasteiger partial charge in [0, 0.05) is 25.7 Å². The number of carbonyl (C=O) groups excluding carboxylic acids is 3. The van der Waals surface area contributed by atoms with Crippen LogP contribution in [0.3, 0.4) is 0 Å². The second-order valence-corrected chi connectivity index (χ2v) is 11.9. The van der Waals surface area contributed by atoms with E-state index < -0.39 is 30.1 Å². The summed E-state index contributed by atoms with van der Waals surface area (Å²) in [5.41, 5.74) is 3.51. The van der Waals surface area contributed by atoms with Crippen molar-refractivity contribution in [3.8, 4) is 11.1 Å². The molecule has 4 rings (SSSR count). The summed E-state index contributed by atoms with van der Waals surface area (Å²) in [6.45, 7) is 1.14. The summed E-state index contributed by atoms with van der Waals surface area (Å²) in [5.74, 6) is -1.04. The standard InChI is InChI=1S/C39H45N5O6/c45-36(19-9-12-25-41-35-18-8-11-24-40-35)43-33(17-7-10-26-42-39(49)50-28-29-13-3-1-4-14-29)38(48)44-34(27-37(46)47)32-22-20-31(21-23-32)30-15-5-2-6-16-30/h1-6,8,11,13-16,18,20-24,33-34H,7,9-10,12,17,19,25-28H2,(H,40,41)(H,42,49)(H,43,45)(H,44,48)(H,46,47)/t33-,34?/m0/s1. The lowest BCUT2D eigenvalue weighted by molar-refractivity contribution is -0.138. The molecule has 0 spiro atoms. The lowest BCUT2D eigenvalue weighted by Crippen LogP contribution is -2.48. The molecular weight excluding hydrogens is 634 g/mol. The predicted octanol–water partition coefficient (Wildman–Crippen LogP) is 6.24. The van der Waals surface area contributed by atoms with Crippen molar-refractivity contribution in [1.29, 1.82) is 0 Å². The van der Waals surface area contributed by atoms with Crippen molar-refractivity contribution in [3.05, 3.63) is 120 Å². The van der Waals surface area contributed by atoms with Crippen molar-refractivity contribution in [2.24, 2.45) is 0 Å². The fourth-order valence-electron chi connectivity index (χ4n) is 5.31. The van der Waals surface area contributed by atoms with E-state index in [0.717, 1.165) is 28.9 Å². The van der Waals surface area contributed by atoms with Gasteiger partial charge in [-0.3, -0.25) is 14.4 Å². The van der Waals surface area contributed by atoms with Crippen LogP contribution in [0.4, 0.5) is 10.6 Å². The number of pyridine rings is 1. The van der Waals surface area contributed by atoms with Crippen molar-refractivity contribution >= 4 is 29.7 Å². The molecule has 11 nitrogen and oxygen atoms in total. The van der Waals surface area contributed by atoms with E-state index in [2.05, 4.69) is 26.3 Å². The van der Waals surface area contributed by atoms with Gasteiger partial charge in [0.05, 0.1) is 12.5 Å². The number of amides is 3. The van der Waals surface area contributed by atoms with Gasteiger partial charge >= 0.3 is 12.1 Å². The summed E-state index contributed by atoms with van der Waals surface area (Å²) in [7, 11) is 0. The molecular formula is C39H45N5O6. The summed E-state index contributed by atoms with van der Waals surface area (Å²) >= 11 is 0. The fraction of sp³-hybridized carbons (Fsp3) is 0.308. The van der Waals surface area contributed by atoms with Crippen LogP contribution in [0.1, 0.15) is 62.1 Å². The molecule has 1 aromatic heterocycles. The molecule has 1 heterocycles. The molecule has 11 heteroatoms. The van der Waals surface area contributed by atoms with Crippen molar-refractivity contribution in [2.45, 2.75) is 63.6 Å². The summed E-state index contributed by atoms with van der Waals surface area (Å²) in [6.07, 6.45) is 3.75. The van der Waals surface area contributed by atoms with E-state index in [1.807, 2.05) is 103 Å². The molecule has 0 radical (unpaired) electrons. The molecule has 0 bridgehead atoms. The number of aliphatic carboxylic acids is 1. The number of aromatic nitrogens is 1. The predicted molar refractivity (Wildman–Crippen MR) is 192 cm³/mol. The maximum absolute atomic E-state index is 13.6. The third-order valence-electron chi connectivity index (χ3n) is 7.97. The molecule has 4 aromatic rings. The first-order valence-electron chi connectivity index (χ1n) is 16.9. The van der Waals surface area contributed by atoms with Gasteiger partial charge in [0.15, 0.2) is 0 Å². The van der Waals surface area contributed by atoms with Crippen molar-refractivity contribution < 1.29 is 29.0 Å². The largest absolute Gasteiger partial charge is 0.481 e. The molecule has 0 aliphatic rings. The SMILES string of the molecule is O=C(O)CC(NC(=O)[C@H](CCCCNC(=O)OCc1ccccc1)NC(=O)CCCCNc1ccccn1)c1ccc(-c2ccccc2)cc1. The minimum atomic E-state index is -1.06. The molecule has 3 aromatic carbocycles. The number of rotatable bonds is 20. The van der Waals surface area contributed by atoms with Gasteiger partial charge in [0.2, 0.25) is 11.8 Å². The average Bonchev–Trinajstić information content (AvgIpc) is 3.14. The van der Waals surface area contributed by atoms with E-state index in [4.69, 9.17) is 4.74 Å². The zero-order valence-electron chi connectivity index (χ0n) is 28.1. The van der Waals surface area contributed by atoms with Crippen LogP contribution >= 0.6 is 0 Å². The van der Waals surface area contributed by atoms with E-state index in [0.29, 0.717) is 44.3 Å². The van der Waals surface area contributed by atoms with E-state index in [1.54, 1.807) is 6.20 Å². The number of nitrogens with zero attached hydrogens (tertiary/aromatic N) is 1. The first-order chi connectivity index (χ1) is 24.4. The minimum Gasteiger partial charge on any atom is -0.481 e. The van der Waals surface area contributed by atoms with Gasteiger partial charge in [0.1, 0.15) is 18.5 Å². The third-order valence-corrected chi connectivity index (χ3v) is 7.97. The van der Waals surface area contributed by atoms with E-state index in [-0.39, 0.29) is 25.4 Å². The van der Waals surface area contributed by atoms with Crippen LogP contribution < -0.4 is 21.3 Å². The number of benzene rings is 3. The Morgan fingerprint density at radius 1 is 0.720 bits per heavy atom. The van der Waals surface area contributed by atoms with E-state index >= 15 is 0 Å². The third kappa shape index (κ3) is 13.4. The lowest BCUT2D eigenvalue weighted by atomic mass is 9.98. The number of ether oxygens (including phenoxy) is 1. The molecule has 50 heavy (non-hydrogen) atoms. The molecule has 0 aliphatic carbocycles. The number of nitrogens with one attached hydrogen (secondary N) is 4. The lowest BCUT2D eigenvalue weighted by Gasteiger charge is -2.23. The van der Waals surface area contributed by atoms with Gasteiger partial charge in [-0.2, -0.15) is 0 Å². The van der Waals surface area contributed by atoms with Crippen LogP contribution in [0.15, 0.2) is 109 Å². The Labute approximate surface area is 292 Å². The number of anilines is 1. The molecule has 0 saturated heterocycles. The number of unbranched alkanes of at least 4 members (excludes halogenated alkanes) is 2. The molecule has 0 aliphatic heterocycles. The number of alkyl carbamates (subject to hydrolysis) is 1. The van der Waals surface area contributed by atoms with Crippen LogP contribution in [0, 0.1) is 0 Å². The Hall–Kier alpha value is -5.71. The molecule has 1 unspecified atom stereocenters. The maximum atomic E-state index is 13.6. The topological polar surface area (TPSA) is 159 Å². The van der Waals surface area contributed by atoms with Crippen molar-refractivity contribution in [3.63, 3.8) is 0 Å². The summed E-state index contributed by atoms with van der Waals surface area (Å²) in [4.78, 5) is 54.8. The van der Waals surface area contributed by atoms with Gasteiger partial charge in [-0.05, 0) is 66.5 Å². The number of hydrogen-bond donors (Lipinski definition) is 5. The summed E-state index contributed by atoms with van der Waals surface area (Å²) in [6, 6.07) is 30.5. The van der Waals surface area contributed by atoms with E-state index in [1.165, 1.54) is 0 Å². The molecule has 0 fully saturated rings. The van der Waals surface area contributed by atoms with Crippen LogP contribution in [-0.4, -0.2) is 53.1 Å². The number of carboxylic acids is 1. The quantitative estimate of drug-likeness (QED) is 0.0687. The first kappa shape index (κ1) is 37.1. The van der Waals surface area contributed by atoms with E-state index in [9.17, 15) is 24.3 Å². The Balaban J connectivity index is 1.32. The minimum absolute atomic E-state index is 0.159. The highest BCUT2D eigenvalue weighted by Gasteiger charge is 2.25. The van der Waals surface area contributed by atoms with Crippen LogP contribution in [0.2, 0.25) is 0 Å². The maximum Gasteiger partial charge on any atom is 0.407 e. The van der Waals surface area contributed by atoms with Gasteiger partial charge in [-0.15, -0.1) is 0 Å². The zero-order chi connectivity index (χ0) is 35.4. The van der Waals surface area contributed by atoms with Crippen molar-refractivity contribution in [1.82, 2.24) is 20.9 Å². The first-order valence-corrected chi connectivity index (χ1v) is 16.9. The van der Waals surface area contributed by atoms with Gasteiger partial charge in [-0.25, -0.2) is 9.78 Å². The molecule has 5 N–H and O–H groups in total. The Kier molecular flexibility index (Phi) is 15.3. The second kappa shape index (κ2) is 20.6. The van der Waals surface area contributed by atoms with Crippen LogP contribution in [0.5, 0.6) is 0 Å². The number of hydrogen-bond acceptors (Lipinski definition) is 7. The highest BCUT2D eigenvalue weighted by molar-refractivity contribution is 5.88. The van der Waals surface area contributed by atoms with Gasteiger partial charge in [0.25, 0.3) is 0 Å². The Bertz CT molecular complexity index is 1620. The smallest absolute Gasteiger partial charge is 0.407 e. The number of carboxylic acid groups (broad SMARTS) is 1. The Morgan fingerprint density at radius 3 is 2.10 bits per heavy atom. The average molecular weight is 680 g/mol. The normalized spacial score (nSPS) is 11.8. The number of carbonyl (C=O) groups is 4. The molecule has 2 atom stereocenters. The monoisotopic (exact) mass is 679 g/mol. The van der Waals surface area contributed by atoms with Crippen molar-refractivity contribution in [2.75, 3.05) is 18.4 Å². The Morgan fingerprint density at radius 2 is 1.40 bits per heavy atom. The fourth-order valence-corrected chi connectivity index (χ4v) is 5.31. The molecule has 262 valence electrons. The second-order valence-electron chi connectivity index (χ2n) is 11.9. The molecule has 0 saturated carbocycles. The summed E-state index contributed by atoms with van der Waals surface area (Å²) < 4.78 is 5.25.